The van der Waals surface area contributed by atoms with Crippen LogP contribution in [-0.4, -0.2) is 57.6 Å². The Labute approximate surface area is 166 Å². The summed E-state index contributed by atoms with van der Waals surface area (Å²) < 4.78 is 7.88. The van der Waals surface area contributed by atoms with Crippen LogP contribution in [0.1, 0.15) is 38.2 Å². The number of nitrogens with one attached hydrogen (secondary N) is 2. The number of ether oxygens (including phenoxy) is 1. The smallest absolute Gasteiger partial charge is 0.191 e. The fourth-order valence-electron chi connectivity index (χ4n) is 3.32. The number of rotatable bonds is 9. The maximum atomic E-state index is 5.81. The van der Waals surface area contributed by atoms with Crippen molar-refractivity contribution in [1.82, 2.24) is 30.4 Å². The zero-order chi connectivity index (χ0) is 19.6. The molecule has 1 saturated heterocycles. The summed E-state index contributed by atoms with van der Waals surface area (Å²) in [5, 5.41) is 15.1. The number of aromatic nitrogens is 4. The van der Waals surface area contributed by atoms with Crippen molar-refractivity contribution < 1.29 is 4.74 Å². The van der Waals surface area contributed by atoms with Crippen molar-refractivity contribution in [3.05, 3.63) is 42.2 Å². The van der Waals surface area contributed by atoms with Gasteiger partial charge in [-0.3, -0.25) is 9.98 Å². The summed E-state index contributed by atoms with van der Waals surface area (Å²) in [5.41, 5.74) is 1.05. The Balaban J connectivity index is 1.55. The monoisotopic (exact) mass is 385 g/mol. The van der Waals surface area contributed by atoms with E-state index in [2.05, 4.69) is 44.2 Å². The molecule has 1 aliphatic rings. The number of guanidine groups is 1. The number of pyridine rings is 1. The van der Waals surface area contributed by atoms with E-state index in [0.717, 1.165) is 62.9 Å². The fraction of sp³-hybridized carbons (Fsp3) is 0.600. The lowest BCUT2D eigenvalue weighted by Crippen LogP contribution is -2.47. The topological polar surface area (TPSA) is 89.3 Å². The first-order chi connectivity index (χ1) is 13.8. The van der Waals surface area contributed by atoms with Gasteiger partial charge >= 0.3 is 0 Å². The average Bonchev–Trinajstić information content (AvgIpc) is 3.40. The standard InChI is InChI=1S/C20H31N7O/c1-3-19-26-24-15-27(19)13-12-23-20(25-16(2)18-8-6-14-28-18)22-11-9-17-7-4-5-10-21-17/h4-5,7,10,15-16,18H,3,6,8-9,11-14H2,1-2H3,(H2,22,23,25). The van der Waals surface area contributed by atoms with Crippen LogP contribution in [0.25, 0.3) is 0 Å². The molecule has 0 radical (unpaired) electrons. The maximum Gasteiger partial charge on any atom is 0.191 e. The fourth-order valence-corrected chi connectivity index (χ4v) is 3.32. The highest BCUT2D eigenvalue weighted by Crippen LogP contribution is 2.15. The normalized spacial score (nSPS) is 18.2. The van der Waals surface area contributed by atoms with Crippen LogP contribution >= 0.6 is 0 Å². The Hall–Kier alpha value is -2.48. The van der Waals surface area contributed by atoms with E-state index in [4.69, 9.17) is 9.73 Å². The van der Waals surface area contributed by atoms with Crippen molar-refractivity contribution >= 4 is 5.96 Å². The van der Waals surface area contributed by atoms with Crippen LogP contribution in [-0.2, 0) is 24.1 Å². The molecule has 0 aromatic carbocycles. The Bertz CT molecular complexity index is 725. The second-order valence-electron chi connectivity index (χ2n) is 7.01. The molecule has 1 fully saturated rings. The summed E-state index contributed by atoms with van der Waals surface area (Å²) in [6, 6.07) is 6.18. The molecule has 0 saturated carbocycles. The molecule has 2 unspecified atom stereocenters. The van der Waals surface area contributed by atoms with E-state index in [0.29, 0.717) is 6.54 Å². The van der Waals surface area contributed by atoms with Gasteiger partial charge in [0.05, 0.1) is 12.1 Å². The van der Waals surface area contributed by atoms with E-state index in [1.165, 1.54) is 0 Å². The van der Waals surface area contributed by atoms with E-state index < -0.39 is 0 Å². The summed E-state index contributed by atoms with van der Waals surface area (Å²) in [6.07, 6.45) is 7.75. The zero-order valence-electron chi connectivity index (χ0n) is 16.8. The lowest BCUT2D eigenvalue weighted by molar-refractivity contribution is 0.0890. The van der Waals surface area contributed by atoms with Crippen LogP contribution < -0.4 is 10.6 Å². The third-order valence-corrected chi connectivity index (χ3v) is 4.91. The van der Waals surface area contributed by atoms with Crippen molar-refractivity contribution in [1.29, 1.82) is 0 Å². The maximum absolute atomic E-state index is 5.81. The van der Waals surface area contributed by atoms with Gasteiger partial charge in [0.25, 0.3) is 0 Å². The van der Waals surface area contributed by atoms with Crippen molar-refractivity contribution in [3.8, 4) is 0 Å². The van der Waals surface area contributed by atoms with E-state index in [1.807, 2.05) is 24.4 Å². The molecule has 2 atom stereocenters. The molecule has 1 aliphatic heterocycles. The highest BCUT2D eigenvalue weighted by Gasteiger charge is 2.23. The molecular weight excluding hydrogens is 354 g/mol. The molecule has 152 valence electrons. The highest BCUT2D eigenvalue weighted by atomic mass is 16.5. The minimum atomic E-state index is 0.213. The van der Waals surface area contributed by atoms with Gasteiger partial charge in [0.1, 0.15) is 12.2 Å². The van der Waals surface area contributed by atoms with Crippen molar-refractivity contribution in [2.24, 2.45) is 4.99 Å². The van der Waals surface area contributed by atoms with Crippen molar-refractivity contribution in [2.75, 3.05) is 19.7 Å². The number of nitrogens with zero attached hydrogens (tertiary/aromatic N) is 5. The first-order valence-corrected chi connectivity index (χ1v) is 10.2. The van der Waals surface area contributed by atoms with Gasteiger partial charge in [0.2, 0.25) is 0 Å². The predicted octanol–water partition coefficient (Wildman–Crippen LogP) is 1.58. The SMILES string of the molecule is CCc1nncn1CCNC(=NCCc1ccccn1)NC(C)C1CCCO1. The average molecular weight is 386 g/mol. The molecule has 0 spiro atoms. The molecule has 2 N–H and O–H groups in total. The molecule has 0 bridgehead atoms. The van der Waals surface area contributed by atoms with Crippen molar-refractivity contribution in [2.45, 2.75) is 58.2 Å². The van der Waals surface area contributed by atoms with E-state index in [9.17, 15) is 0 Å². The summed E-state index contributed by atoms with van der Waals surface area (Å²) in [5.74, 6) is 1.81. The number of aryl methyl sites for hydroxylation is 1. The minimum Gasteiger partial charge on any atom is -0.376 e. The highest BCUT2D eigenvalue weighted by molar-refractivity contribution is 5.80. The zero-order valence-corrected chi connectivity index (χ0v) is 16.8. The Morgan fingerprint density at radius 3 is 3.11 bits per heavy atom. The summed E-state index contributed by atoms with van der Waals surface area (Å²) in [7, 11) is 0. The first-order valence-electron chi connectivity index (χ1n) is 10.2. The third kappa shape index (κ3) is 6.02. The summed E-state index contributed by atoms with van der Waals surface area (Å²) in [6.45, 7) is 7.31. The second kappa shape index (κ2) is 10.8. The number of aliphatic imine (C=N–C) groups is 1. The Kier molecular flexibility index (Phi) is 7.78. The molecular formula is C20H31N7O. The third-order valence-electron chi connectivity index (χ3n) is 4.91. The Morgan fingerprint density at radius 1 is 1.43 bits per heavy atom. The Morgan fingerprint density at radius 2 is 2.36 bits per heavy atom. The van der Waals surface area contributed by atoms with Gasteiger partial charge in [0.15, 0.2) is 5.96 Å². The van der Waals surface area contributed by atoms with Crippen molar-refractivity contribution in [3.63, 3.8) is 0 Å². The van der Waals surface area contributed by atoms with Crippen LogP contribution in [0.2, 0.25) is 0 Å². The largest absolute Gasteiger partial charge is 0.376 e. The molecule has 8 heteroatoms. The molecule has 3 heterocycles. The summed E-state index contributed by atoms with van der Waals surface area (Å²) in [4.78, 5) is 9.12. The number of hydrogen-bond acceptors (Lipinski definition) is 5. The molecule has 28 heavy (non-hydrogen) atoms. The number of hydrogen-bond donors (Lipinski definition) is 2. The molecule has 8 nitrogen and oxygen atoms in total. The molecule has 3 rings (SSSR count). The van der Waals surface area contributed by atoms with Gasteiger partial charge in [-0.25, -0.2) is 0 Å². The van der Waals surface area contributed by atoms with Gasteiger partial charge in [-0.1, -0.05) is 13.0 Å². The predicted molar refractivity (Wildman–Crippen MR) is 109 cm³/mol. The molecule has 2 aromatic heterocycles. The van der Waals surface area contributed by atoms with Crippen LogP contribution in [0, 0.1) is 0 Å². The lowest BCUT2D eigenvalue weighted by Gasteiger charge is -2.23. The molecule has 0 aliphatic carbocycles. The molecule has 2 aromatic rings. The van der Waals surface area contributed by atoms with Crippen LogP contribution in [0.5, 0.6) is 0 Å². The van der Waals surface area contributed by atoms with E-state index in [1.54, 1.807) is 6.33 Å². The van der Waals surface area contributed by atoms with Crippen LogP contribution in [0.3, 0.4) is 0 Å². The quantitative estimate of drug-likeness (QED) is 0.503. The van der Waals surface area contributed by atoms with E-state index >= 15 is 0 Å². The summed E-state index contributed by atoms with van der Waals surface area (Å²) >= 11 is 0. The van der Waals surface area contributed by atoms with E-state index in [-0.39, 0.29) is 12.1 Å². The minimum absolute atomic E-state index is 0.213. The second-order valence-corrected chi connectivity index (χ2v) is 7.01. The first kappa shape index (κ1) is 20.3. The van der Waals surface area contributed by atoms with Gasteiger partial charge in [0, 0.05) is 51.0 Å². The van der Waals surface area contributed by atoms with Crippen LogP contribution in [0.4, 0.5) is 0 Å². The van der Waals surface area contributed by atoms with Gasteiger partial charge < -0.3 is 19.9 Å². The van der Waals surface area contributed by atoms with Gasteiger partial charge in [-0.15, -0.1) is 10.2 Å². The van der Waals surface area contributed by atoms with Crippen LogP contribution in [0.15, 0.2) is 35.7 Å². The van der Waals surface area contributed by atoms with Gasteiger partial charge in [-0.05, 0) is 31.9 Å². The molecule has 0 amide bonds. The lowest BCUT2D eigenvalue weighted by atomic mass is 10.1. The van der Waals surface area contributed by atoms with Gasteiger partial charge in [-0.2, -0.15) is 0 Å².